The molecule has 25 heavy (non-hydrogen) atoms. The van der Waals surface area contributed by atoms with E-state index < -0.39 is 0 Å². The molecule has 1 heteroatoms. The van der Waals surface area contributed by atoms with Gasteiger partial charge in [0.15, 0.2) is 0 Å². The van der Waals surface area contributed by atoms with Crippen molar-refractivity contribution >= 4 is 0 Å². The molecule has 2 aliphatic rings. The Kier molecular flexibility index (Phi) is 10.6. The van der Waals surface area contributed by atoms with Crippen LogP contribution in [0, 0.1) is 17.8 Å². The van der Waals surface area contributed by atoms with Gasteiger partial charge in [-0.15, -0.1) is 0 Å². The topological polar surface area (TPSA) is 9.23 Å². The third-order valence-electron chi connectivity index (χ3n) is 6.46. The predicted molar refractivity (Wildman–Crippen MR) is 110 cm³/mol. The molecule has 0 saturated heterocycles. The van der Waals surface area contributed by atoms with Gasteiger partial charge in [0.1, 0.15) is 0 Å². The lowest BCUT2D eigenvalue weighted by Gasteiger charge is -2.37. The lowest BCUT2D eigenvalue weighted by Crippen LogP contribution is -2.28. The number of rotatable bonds is 10. The van der Waals surface area contributed by atoms with E-state index in [1.165, 1.54) is 70.6 Å². The van der Waals surface area contributed by atoms with Crippen LogP contribution in [0.5, 0.6) is 0 Å². The van der Waals surface area contributed by atoms with E-state index in [-0.39, 0.29) is 0 Å². The van der Waals surface area contributed by atoms with Gasteiger partial charge in [0.25, 0.3) is 0 Å². The van der Waals surface area contributed by atoms with Crippen molar-refractivity contribution in [3.05, 3.63) is 24.3 Å². The van der Waals surface area contributed by atoms with Gasteiger partial charge in [-0.1, -0.05) is 51.0 Å². The normalized spacial score (nSPS) is 31.1. The maximum Gasteiger partial charge on any atom is 0.0575 e. The average molecular weight is 347 g/mol. The molecule has 0 bridgehead atoms. The molecule has 0 unspecified atom stereocenters. The molecule has 0 aliphatic heterocycles. The first-order valence-electron chi connectivity index (χ1n) is 11.2. The molecule has 0 aromatic heterocycles. The predicted octanol–water partition coefficient (Wildman–Crippen LogP) is 7.47. The maximum absolute atomic E-state index is 6.09. The van der Waals surface area contributed by atoms with Gasteiger partial charge in [-0.25, -0.2) is 0 Å². The first-order valence-corrected chi connectivity index (χ1v) is 11.2. The molecule has 0 amide bonds. The van der Waals surface area contributed by atoms with E-state index in [1.54, 1.807) is 0 Å². The Labute approximate surface area is 157 Å². The molecule has 0 heterocycles. The van der Waals surface area contributed by atoms with Crippen LogP contribution in [0.4, 0.5) is 0 Å². The van der Waals surface area contributed by atoms with Crippen LogP contribution in [-0.4, -0.2) is 12.7 Å². The van der Waals surface area contributed by atoms with E-state index in [0.29, 0.717) is 6.10 Å². The highest BCUT2D eigenvalue weighted by Crippen LogP contribution is 2.41. The molecule has 1 nitrogen and oxygen atoms in total. The van der Waals surface area contributed by atoms with Crippen molar-refractivity contribution < 1.29 is 4.74 Å². The van der Waals surface area contributed by atoms with Crippen molar-refractivity contribution in [2.75, 3.05) is 6.61 Å². The van der Waals surface area contributed by atoms with Crippen molar-refractivity contribution in [3.63, 3.8) is 0 Å². The van der Waals surface area contributed by atoms with Gasteiger partial charge < -0.3 is 4.74 Å². The van der Waals surface area contributed by atoms with E-state index >= 15 is 0 Å². The minimum absolute atomic E-state index is 0.549. The van der Waals surface area contributed by atoms with Gasteiger partial charge in [0.05, 0.1) is 12.7 Å². The van der Waals surface area contributed by atoms with Gasteiger partial charge in [0, 0.05) is 0 Å². The Bertz CT molecular complexity index is 368. The van der Waals surface area contributed by atoms with Crippen molar-refractivity contribution in [3.8, 4) is 0 Å². The van der Waals surface area contributed by atoms with Crippen molar-refractivity contribution in [1.82, 2.24) is 0 Å². The first-order chi connectivity index (χ1) is 12.3. The van der Waals surface area contributed by atoms with Gasteiger partial charge >= 0.3 is 0 Å². The van der Waals surface area contributed by atoms with E-state index in [9.17, 15) is 0 Å². The Morgan fingerprint density at radius 1 is 0.680 bits per heavy atom. The minimum Gasteiger partial charge on any atom is -0.378 e. The Morgan fingerprint density at radius 2 is 1.24 bits per heavy atom. The number of ether oxygens (including phenoxy) is 1. The molecule has 2 aliphatic carbocycles. The summed E-state index contributed by atoms with van der Waals surface area (Å²) in [5.74, 6) is 3.03. The fraction of sp³-hybridized carbons (Fsp3) is 0.833. The summed E-state index contributed by atoms with van der Waals surface area (Å²) >= 11 is 0. The Morgan fingerprint density at radius 3 is 1.84 bits per heavy atom. The number of hydrogen-bond acceptors (Lipinski definition) is 1. The fourth-order valence-corrected chi connectivity index (χ4v) is 4.88. The Hall–Kier alpha value is -0.560. The smallest absolute Gasteiger partial charge is 0.0575 e. The van der Waals surface area contributed by atoms with Gasteiger partial charge in [0.2, 0.25) is 0 Å². The van der Waals surface area contributed by atoms with Crippen molar-refractivity contribution in [2.24, 2.45) is 17.8 Å². The van der Waals surface area contributed by atoms with Crippen molar-refractivity contribution in [1.29, 1.82) is 0 Å². The summed E-state index contributed by atoms with van der Waals surface area (Å²) in [6.07, 6.45) is 27.4. The quantitative estimate of drug-likeness (QED) is 0.294. The standard InChI is InChI=1S/C24H42O/c1-3-5-7-9-11-21-12-14-22(15-13-21)23-16-18-24(19-17-23)25-20-10-8-6-4-2/h5-8,21-24H,3-4,9-20H2,1-2H3/b7-5+,8-6-/t21-,22-,23-,24-. The van der Waals surface area contributed by atoms with Gasteiger partial charge in [-0.05, 0) is 88.4 Å². The molecule has 0 radical (unpaired) electrons. The van der Waals surface area contributed by atoms with Gasteiger partial charge in [-0.2, -0.15) is 0 Å². The molecule has 2 saturated carbocycles. The van der Waals surface area contributed by atoms with Crippen LogP contribution in [0.1, 0.15) is 97.3 Å². The summed E-state index contributed by atoms with van der Waals surface area (Å²) < 4.78 is 6.09. The molecule has 144 valence electrons. The molecular formula is C24H42O. The van der Waals surface area contributed by atoms with Crippen LogP contribution in [-0.2, 0) is 4.74 Å². The summed E-state index contributed by atoms with van der Waals surface area (Å²) in [6.45, 7) is 5.34. The van der Waals surface area contributed by atoms with Crippen molar-refractivity contribution in [2.45, 2.75) is 103 Å². The SMILES string of the molecule is CC/C=C\CCO[C@H]1CC[C@H]([C@H]2CC[C@H](CC/C=C/CC)CC2)CC1. The van der Waals surface area contributed by atoms with Crippen LogP contribution in [0.25, 0.3) is 0 Å². The van der Waals surface area contributed by atoms with E-state index in [2.05, 4.69) is 38.2 Å². The minimum atomic E-state index is 0.549. The lowest BCUT2D eigenvalue weighted by molar-refractivity contribution is 0.00912. The highest BCUT2D eigenvalue weighted by Gasteiger charge is 2.30. The zero-order chi connectivity index (χ0) is 17.7. The van der Waals surface area contributed by atoms with Crippen LogP contribution >= 0.6 is 0 Å². The van der Waals surface area contributed by atoms with Crippen LogP contribution in [0.2, 0.25) is 0 Å². The second kappa shape index (κ2) is 12.7. The van der Waals surface area contributed by atoms with Gasteiger partial charge in [-0.3, -0.25) is 0 Å². The lowest BCUT2D eigenvalue weighted by atomic mass is 9.70. The molecule has 2 rings (SSSR count). The second-order valence-electron chi connectivity index (χ2n) is 8.31. The van der Waals surface area contributed by atoms with Crippen LogP contribution in [0.15, 0.2) is 24.3 Å². The first kappa shape index (κ1) is 20.7. The molecule has 0 aromatic carbocycles. The second-order valence-corrected chi connectivity index (χ2v) is 8.31. The monoisotopic (exact) mass is 346 g/mol. The molecule has 2 fully saturated rings. The largest absolute Gasteiger partial charge is 0.378 e. The van der Waals surface area contributed by atoms with E-state index in [4.69, 9.17) is 4.74 Å². The highest BCUT2D eigenvalue weighted by molar-refractivity contribution is 4.85. The molecule has 0 spiro atoms. The molecule has 0 N–H and O–H groups in total. The average Bonchev–Trinajstić information content (AvgIpc) is 2.66. The number of hydrogen-bond donors (Lipinski definition) is 0. The zero-order valence-electron chi connectivity index (χ0n) is 16.9. The van der Waals surface area contributed by atoms with E-state index in [1.807, 2.05) is 0 Å². The highest BCUT2D eigenvalue weighted by atomic mass is 16.5. The zero-order valence-corrected chi connectivity index (χ0v) is 16.9. The van der Waals surface area contributed by atoms with E-state index in [0.717, 1.165) is 37.2 Å². The summed E-state index contributed by atoms with van der Waals surface area (Å²) in [6, 6.07) is 0. The maximum atomic E-state index is 6.09. The Balaban J connectivity index is 1.56. The van der Waals surface area contributed by atoms with Crippen LogP contribution < -0.4 is 0 Å². The number of allylic oxidation sites excluding steroid dienone is 3. The summed E-state index contributed by atoms with van der Waals surface area (Å²) in [7, 11) is 0. The third-order valence-corrected chi connectivity index (χ3v) is 6.46. The van der Waals surface area contributed by atoms with Crippen LogP contribution in [0.3, 0.4) is 0 Å². The molecule has 0 aromatic rings. The summed E-state index contributed by atoms with van der Waals surface area (Å²) in [4.78, 5) is 0. The molecule has 0 atom stereocenters. The summed E-state index contributed by atoms with van der Waals surface area (Å²) in [5.41, 5.74) is 0. The summed E-state index contributed by atoms with van der Waals surface area (Å²) in [5, 5.41) is 0. The molecular weight excluding hydrogens is 304 g/mol. The third kappa shape index (κ3) is 8.11. The fourth-order valence-electron chi connectivity index (χ4n) is 4.88.